The number of carbonyl (C=O) groups excluding carboxylic acids is 1. The van der Waals surface area contributed by atoms with Crippen LogP contribution in [0.5, 0.6) is 0 Å². The van der Waals surface area contributed by atoms with Crippen molar-refractivity contribution in [3.8, 4) is 0 Å². The minimum atomic E-state index is -0.909. The quantitative estimate of drug-likeness (QED) is 0.627. The Labute approximate surface area is 82.6 Å². The van der Waals surface area contributed by atoms with E-state index >= 15 is 0 Å². The normalized spacial score (nSPS) is 28.4. The lowest BCUT2D eigenvalue weighted by Crippen LogP contribution is -2.45. The number of methoxy groups -OCH3 is 1. The molecule has 0 aromatic rings. The largest absolute Gasteiger partial charge is 0.481 e. The molecule has 1 N–H and O–H groups in total. The second-order valence-corrected chi connectivity index (χ2v) is 3.63. The van der Waals surface area contributed by atoms with Crippen molar-refractivity contribution in [2.45, 2.75) is 6.42 Å². The molecule has 0 amide bonds. The Bertz CT molecular complexity index is 241. The second kappa shape index (κ2) is 4.41. The van der Waals surface area contributed by atoms with E-state index in [4.69, 9.17) is 5.11 Å². The molecule has 14 heavy (non-hydrogen) atoms. The summed E-state index contributed by atoms with van der Waals surface area (Å²) in [5, 5.41) is 8.91. The van der Waals surface area contributed by atoms with Crippen molar-refractivity contribution in [2.75, 3.05) is 27.2 Å². The number of esters is 1. The first-order valence-corrected chi connectivity index (χ1v) is 4.55. The molecule has 80 valence electrons. The average Bonchev–Trinajstić information content (AvgIpc) is 2.16. The SMILES string of the molecule is COC(=O)[C@@H]1CN(C)CC[C@H]1C(=O)O. The molecule has 0 aliphatic carbocycles. The number of hydrogen-bond donors (Lipinski definition) is 1. The zero-order chi connectivity index (χ0) is 10.7. The van der Waals surface area contributed by atoms with Crippen molar-refractivity contribution >= 4 is 11.9 Å². The number of hydrogen-bond acceptors (Lipinski definition) is 4. The Kier molecular flexibility index (Phi) is 3.46. The van der Waals surface area contributed by atoms with Gasteiger partial charge in [-0.1, -0.05) is 0 Å². The molecule has 5 nitrogen and oxygen atoms in total. The molecule has 1 heterocycles. The molecule has 0 radical (unpaired) electrons. The van der Waals surface area contributed by atoms with Gasteiger partial charge in [-0.15, -0.1) is 0 Å². The average molecular weight is 201 g/mol. The number of ether oxygens (including phenoxy) is 1. The van der Waals surface area contributed by atoms with Gasteiger partial charge in [0.05, 0.1) is 18.9 Å². The molecule has 0 aromatic carbocycles. The monoisotopic (exact) mass is 201 g/mol. The van der Waals surface area contributed by atoms with Gasteiger partial charge in [0, 0.05) is 6.54 Å². The van der Waals surface area contributed by atoms with E-state index < -0.39 is 23.8 Å². The summed E-state index contributed by atoms with van der Waals surface area (Å²) in [5.41, 5.74) is 0. The van der Waals surface area contributed by atoms with Gasteiger partial charge in [-0.3, -0.25) is 9.59 Å². The first-order chi connectivity index (χ1) is 6.56. The first-order valence-electron chi connectivity index (χ1n) is 4.55. The van der Waals surface area contributed by atoms with Crippen LogP contribution in [0.2, 0.25) is 0 Å². The topological polar surface area (TPSA) is 66.8 Å². The summed E-state index contributed by atoms with van der Waals surface area (Å²) >= 11 is 0. The van der Waals surface area contributed by atoms with Gasteiger partial charge < -0.3 is 14.7 Å². The number of carbonyl (C=O) groups is 2. The highest BCUT2D eigenvalue weighted by atomic mass is 16.5. The zero-order valence-electron chi connectivity index (χ0n) is 8.40. The lowest BCUT2D eigenvalue weighted by Gasteiger charge is -2.32. The Morgan fingerprint density at radius 3 is 2.57 bits per heavy atom. The van der Waals surface area contributed by atoms with Crippen LogP contribution in [0.4, 0.5) is 0 Å². The smallest absolute Gasteiger partial charge is 0.310 e. The van der Waals surface area contributed by atoms with Crippen LogP contribution in [0.25, 0.3) is 0 Å². The maximum Gasteiger partial charge on any atom is 0.310 e. The third-order valence-electron chi connectivity index (χ3n) is 2.64. The van der Waals surface area contributed by atoms with Crippen molar-refractivity contribution in [3.05, 3.63) is 0 Å². The number of nitrogens with zero attached hydrogens (tertiary/aromatic N) is 1. The van der Waals surface area contributed by atoms with Crippen molar-refractivity contribution in [1.29, 1.82) is 0 Å². The van der Waals surface area contributed by atoms with E-state index in [2.05, 4.69) is 4.74 Å². The highest BCUT2D eigenvalue weighted by Crippen LogP contribution is 2.24. The molecule has 0 bridgehead atoms. The number of aliphatic carboxylic acids is 1. The summed E-state index contributed by atoms with van der Waals surface area (Å²) < 4.78 is 4.59. The van der Waals surface area contributed by atoms with E-state index in [1.54, 1.807) is 0 Å². The fraction of sp³-hybridized carbons (Fsp3) is 0.778. The summed E-state index contributed by atoms with van der Waals surface area (Å²) in [5.74, 6) is -2.47. The Balaban J connectivity index is 2.73. The summed E-state index contributed by atoms with van der Waals surface area (Å²) in [6.07, 6.45) is 0.506. The van der Waals surface area contributed by atoms with Gasteiger partial charge in [-0.05, 0) is 20.0 Å². The van der Waals surface area contributed by atoms with Crippen molar-refractivity contribution in [3.63, 3.8) is 0 Å². The van der Waals surface area contributed by atoms with Crippen molar-refractivity contribution < 1.29 is 19.4 Å². The molecule has 1 rings (SSSR count). The Hall–Kier alpha value is -1.10. The van der Waals surface area contributed by atoms with E-state index in [1.165, 1.54) is 7.11 Å². The molecule has 1 fully saturated rings. The summed E-state index contributed by atoms with van der Waals surface area (Å²) in [4.78, 5) is 24.1. The van der Waals surface area contributed by atoms with E-state index in [1.807, 2.05) is 11.9 Å². The predicted molar refractivity (Wildman–Crippen MR) is 48.7 cm³/mol. The van der Waals surface area contributed by atoms with E-state index in [-0.39, 0.29) is 0 Å². The Morgan fingerprint density at radius 2 is 2.07 bits per heavy atom. The number of carboxylic acid groups (broad SMARTS) is 1. The number of piperidine rings is 1. The van der Waals surface area contributed by atoms with Gasteiger partial charge in [0.2, 0.25) is 0 Å². The van der Waals surface area contributed by atoms with Crippen molar-refractivity contribution in [2.24, 2.45) is 11.8 Å². The maximum atomic E-state index is 11.3. The van der Waals surface area contributed by atoms with E-state index in [0.29, 0.717) is 19.5 Å². The fourth-order valence-corrected chi connectivity index (χ4v) is 1.80. The zero-order valence-corrected chi connectivity index (χ0v) is 8.40. The van der Waals surface area contributed by atoms with Crippen LogP contribution in [0.3, 0.4) is 0 Å². The van der Waals surface area contributed by atoms with Gasteiger partial charge in [0.15, 0.2) is 0 Å². The summed E-state index contributed by atoms with van der Waals surface area (Å²) in [6.45, 7) is 1.17. The Morgan fingerprint density at radius 1 is 1.43 bits per heavy atom. The molecular formula is C9H15NO4. The van der Waals surface area contributed by atoms with Crippen molar-refractivity contribution in [1.82, 2.24) is 4.90 Å². The van der Waals surface area contributed by atoms with Gasteiger partial charge >= 0.3 is 11.9 Å². The molecule has 5 heteroatoms. The van der Waals surface area contributed by atoms with Crippen LogP contribution < -0.4 is 0 Å². The molecule has 1 saturated heterocycles. The van der Waals surface area contributed by atoms with Gasteiger partial charge in [0.25, 0.3) is 0 Å². The standard InChI is InChI=1S/C9H15NO4/c1-10-4-3-6(8(11)12)7(5-10)9(13)14-2/h6-7H,3-5H2,1-2H3,(H,11,12)/t6-,7-/m1/s1. The third kappa shape index (κ3) is 2.23. The summed E-state index contributed by atoms with van der Waals surface area (Å²) in [7, 11) is 3.16. The van der Waals surface area contributed by atoms with Crippen LogP contribution in [-0.4, -0.2) is 49.2 Å². The molecule has 2 atom stereocenters. The van der Waals surface area contributed by atoms with Gasteiger partial charge in [-0.2, -0.15) is 0 Å². The fourth-order valence-electron chi connectivity index (χ4n) is 1.80. The molecule has 0 aromatic heterocycles. The molecule has 0 spiro atoms. The maximum absolute atomic E-state index is 11.3. The minimum absolute atomic E-state index is 0.427. The first kappa shape index (κ1) is 11.0. The highest BCUT2D eigenvalue weighted by Gasteiger charge is 2.38. The number of rotatable bonds is 2. The second-order valence-electron chi connectivity index (χ2n) is 3.63. The molecule has 1 aliphatic rings. The minimum Gasteiger partial charge on any atom is -0.481 e. The van der Waals surface area contributed by atoms with Crippen LogP contribution in [0.1, 0.15) is 6.42 Å². The van der Waals surface area contributed by atoms with Crippen LogP contribution in [0.15, 0.2) is 0 Å². The van der Waals surface area contributed by atoms with E-state index in [0.717, 1.165) is 0 Å². The number of likely N-dealkylation sites (tertiary alicyclic amines) is 1. The lowest BCUT2D eigenvalue weighted by atomic mass is 9.86. The molecule has 1 aliphatic heterocycles. The van der Waals surface area contributed by atoms with Crippen LogP contribution >= 0.6 is 0 Å². The third-order valence-corrected chi connectivity index (χ3v) is 2.64. The number of carboxylic acids is 1. The van der Waals surface area contributed by atoms with Gasteiger partial charge in [0.1, 0.15) is 0 Å². The molecule has 0 saturated carbocycles. The highest BCUT2D eigenvalue weighted by molar-refractivity contribution is 5.81. The predicted octanol–water partition coefficient (Wildman–Crippen LogP) is -0.188. The lowest BCUT2D eigenvalue weighted by molar-refractivity contribution is -0.158. The molecule has 0 unspecified atom stereocenters. The van der Waals surface area contributed by atoms with E-state index in [9.17, 15) is 9.59 Å². The summed E-state index contributed by atoms with van der Waals surface area (Å²) in [6, 6.07) is 0. The van der Waals surface area contributed by atoms with Crippen LogP contribution in [-0.2, 0) is 14.3 Å². The molecular weight excluding hydrogens is 186 g/mol. The van der Waals surface area contributed by atoms with Gasteiger partial charge in [-0.25, -0.2) is 0 Å². The van der Waals surface area contributed by atoms with Crippen LogP contribution in [0, 0.1) is 11.8 Å².